The van der Waals surface area contributed by atoms with Crippen molar-refractivity contribution in [3.05, 3.63) is 83.7 Å². The number of benzene rings is 2. The molecule has 0 saturated heterocycles. The molecule has 1 aliphatic rings. The van der Waals surface area contributed by atoms with Crippen LogP contribution in [-0.4, -0.2) is 31.6 Å². The maximum Gasteiger partial charge on any atom is 0.416 e. The standard InChI is InChI=1S/C22H16F4N6OS/c23-14-11-27-21(28-12-14)30-34-15-2-4-18-16(5-8-33-20(18)10-15)17-3-1-13(22(24,25)26)9-19(17)32-7-6-29-31-32/h1-4,6-7,9-12,16H,5,8H2,(H,27,28,30). The molecule has 0 radical (unpaired) electrons. The molecule has 34 heavy (non-hydrogen) atoms. The molecule has 2 aromatic carbocycles. The average molecular weight is 488 g/mol. The fourth-order valence-electron chi connectivity index (χ4n) is 3.78. The predicted molar refractivity (Wildman–Crippen MR) is 116 cm³/mol. The van der Waals surface area contributed by atoms with E-state index in [1.165, 1.54) is 35.1 Å². The lowest BCUT2D eigenvalue weighted by Crippen LogP contribution is -2.18. The van der Waals surface area contributed by atoms with E-state index >= 15 is 0 Å². The molecule has 5 rings (SSSR count). The number of ether oxygens (including phenoxy) is 1. The van der Waals surface area contributed by atoms with E-state index in [0.717, 1.165) is 35.0 Å². The molecule has 0 fully saturated rings. The van der Waals surface area contributed by atoms with Crippen LogP contribution in [0.15, 0.2) is 66.1 Å². The van der Waals surface area contributed by atoms with Crippen molar-refractivity contribution in [3.8, 4) is 11.4 Å². The van der Waals surface area contributed by atoms with Crippen LogP contribution >= 0.6 is 11.9 Å². The molecule has 0 aliphatic carbocycles. The van der Waals surface area contributed by atoms with E-state index in [2.05, 4.69) is 25.0 Å². The summed E-state index contributed by atoms with van der Waals surface area (Å²) in [6.07, 6.45) is 1.18. The Morgan fingerprint density at radius 3 is 2.59 bits per heavy atom. The first-order valence-corrected chi connectivity index (χ1v) is 10.9. The summed E-state index contributed by atoms with van der Waals surface area (Å²) in [5, 5.41) is 7.66. The van der Waals surface area contributed by atoms with Crippen LogP contribution in [0.3, 0.4) is 0 Å². The number of aromatic nitrogens is 5. The summed E-state index contributed by atoms with van der Waals surface area (Å²) in [5.41, 5.74) is 1.12. The van der Waals surface area contributed by atoms with Crippen molar-refractivity contribution in [3.63, 3.8) is 0 Å². The molecule has 0 bridgehead atoms. The van der Waals surface area contributed by atoms with Crippen molar-refractivity contribution < 1.29 is 22.3 Å². The molecule has 7 nitrogen and oxygen atoms in total. The third-order valence-electron chi connectivity index (χ3n) is 5.31. The minimum absolute atomic E-state index is 0.197. The lowest BCUT2D eigenvalue weighted by atomic mass is 9.85. The molecule has 2 aromatic heterocycles. The van der Waals surface area contributed by atoms with E-state index in [-0.39, 0.29) is 11.9 Å². The number of hydrogen-bond donors (Lipinski definition) is 1. The van der Waals surface area contributed by atoms with Gasteiger partial charge in [0.25, 0.3) is 0 Å². The Labute approximate surface area is 195 Å². The monoisotopic (exact) mass is 488 g/mol. The molecule has 12 heteroatoms. The van der Waals surface area contributed by atoms with Gasteiger partial charge in [-0.1, -0.05) is 17.3 Å². The highest BCUT2D eigenvalue weighted by Crippen LogP contribution is 2.43. The molecule has 1 atom stereocenters. The molecule has 0 amide bonds. The SMILES string of the molecule is Fc1cnc(NSc2ccc3c(c2)OCCC3c2ccc(C(F)(F)F)cc2-n2ccnn2)nc1. The zero-order valence-electron chi connectivity index (χ0n) is 17.3. The minimum Gasteiger partial charge on any atom is -0.493 e. The van der Waals surface area contributed by atoms with Gasteiger partial charge in [-0.15, -0.1) is 5.10 Å². The largest absolute Gasteiger partial charge is 0.493 e. The molecular weight excluding hydrogens is 472 g/mol. The van der Waals surface area contributed by atoms with Gasteiger partial charge in [0.2, 0.25) is 5.95 Å². The van der Waals surface area contributed by atoms with Gasteiger partial charge < -0.3 is 4.74 Å². The van der Waals surface area contributed by atoms with Crippen LogP contribution < -0.4 is 9.46 Å². The van der Waals surface area contributed by atoms with Crippen molar-refractivity contribution in [1.82, 2.24) is 25.0 Å². The quantitative estimate of drug-likeness (QED) is 0.304. The zero-order chi connectivity index (χ0) is 23.7. The third kappa shape index (κ3) is 4.53. The van der Waals surface area contributed by atoms with Crippen LogP contribution in [0.4, 0.5) is 23.5 Å². The highest BCUT2D eigenvalue weighted by atomic mass is 32.2. The highest BCUT2D eigenvalue weighted by molar-refractivity contribution is 8.00. The fraction of sp³-hybridized carbons (Fsp3) is 0.182. The molecule has 1 N–H and O–H groups in total. The highest BCUT2D eigenvalue weighted by Gasteiger charge is 2.33. The summed E-state index contributed by atoms with van der Waals surface area (Å²) in [4.78, 5) is 8.50. The van der Waals surface area contributed by atoms with E-state index in [0.29, 0.717) is 30.0 Å². The van der Waals surface area contributed by atoms with Gasteiger partial charge in [0.05, 0.1) is 42.6 Å². The Morgan fingerprint density at radius 2 is 1.85 bits per heavy atom. The van der Waals surface area contributed by atoms with E-state index in [4.69, 9.17) is 4.74 Å². The van der Waals surface area contributed by atoms with Gasteiger partial charge in [-0.3, -0.25) is 4.72 Å². The van der Waals surface area contributed by atoms with Gasteiger partial charge in [0, 0.05) is 16.4 Å². The van der Waals surface area contributed by atoms with Gasteiger partial charge in [-0.2, -0.15) is 13.2 Å². The van der Waals surface area contributed by atoms with Crippen molar-refractivity contribution in [1.29, 1.82) is 0 Å². The number of anilines is 1. The number of nitrogens with zero attached hydrogens (tertiary/aromatic N) is 5. The van der Waals surface area contributed by atoms with Crippen LogP contribution in [0.5, 0.6) is 5.75 Å². The number of fused-ring (bicyclic) bond motifs is 1. The van der Waals surface area contributed by atoms with Gasteiger partial charge in [-0.05, 0) is 48.2 Å². The summed E-state index contributed by atoms with van der Waals surface area (Å²) in [6, 6.07) is 9.26. The lowest BCUT2D eigenvalue weighted by molar-refractivity contribution is -0.137. The Bertz CT molecular complexity index is 1300. The van der Waals surface area contributed by atoms with Crippen LogP contribution in [0.2, 0.25) is 0 Å². The van der Waals surface area contributed by atoms with E-state index in [1.807, 2.05) is 18.2 Å². The summed E-state index contributed by atoms with van der Waals surface area (Å²) >= 11 is 1.23. The number of nitrogens with one attached hydrogen (secondary N) is 1. The summed E-state index contributed by atoms with van der Waals surface area (Å²) < 4.78 is 63.2. The molecule has 0 spiro atoms. The second-order valence-electron chi connectivity index (χ2n) is 7.44. The normalized spacial score (nSPS) is 15.5. The molecule has 3 heterocycles. The van der Waals surface area contributed by atoms with E-state index in [9.17, 15) is 17.6 Å². The predicted octanol–water partition coefficient (Wildman–Crippen LogP) is 5.25. The number of alkyl halides is 3. The summed E-state index contributed by atoms with van der Waals surface area (Å²) in [5.74, 6) is 0.160. The summed E-state index contributed by atoms with van der Waals surface area (Å²) in [7, 11) is 0. The van der Waals surface area contributed by atoms with Crippen molar-refractivity contribution in [2.24, 2.45) is 0 Å². The van der Waals surface area contributed by atoms with Gasteiger partial charge >= 0.3 is 6.18 Å². The van der Waals surface area contributed by atoms with Gasteiger partial charge in [0.15, 0.2) is 5.82 Å². The maximum atomic E-state index is 13.4. The van der Waals surface area contributed by atoms with Crippen molar-refractivity contribution >= 4 is 17.9 Å². The first-order chi connectivity index (χ1) is 16.4. The number of halogens is 4. The van der Waals surface area contributed by atoms with E-state index in [1.54, 1.807) is 0 Å². The Hall–Kier alpha value is -3.67. The second-order valence-corrected chi connectivity index (χ2v) is 8.32. The van der Waals surface area contributed by atoms with Crippen molar-refractivity contribution in [2.45, 2.75) is 23.4 Å². The van der Waals surface area contributed by atoms with Crippen LogP contribution in [0.1, 0.15) is 29.0 Å². The smallest absolute Gasteiger partial charge is 0.416 e. The van der Waals surface area contributed by atoms with Gasteiger partial charge in [0.1, 0.15) is 5.75 Å². The van der Waals surface area contributed by atoms with Crippen LogP contribution in [0, 0.1) is 5.82 Å². The molecule has 0 saturated carbocycles. The zero-order valence-corrected chi connectivity index (χ0v) is 18.1. The average Bonchev–Trinajstić information content (AvgIpc) is 3.37. The number of rotatable bonds is 5. The first-order valence-electron chi connectivity index (χ1n) is 10.1. The van der Waals surface area contributed by atoms with Crippen LogP contribution in [-0.2, 0) is 6.18 Å². The second kappa shape index (κ2) is 8.93. The van der Waals surface area contributed by atoms with Crippen molar-refractivity contribution in [2.75, 3.05) is 11.3 Å². The molecular formula is C22H16F4N6OS. The third-order valence-corrected chi connectivity index (χ3v) is 6.08. The first kappa shape index (κ1) is 22.1. The lowest BCUT2D eigenvalue weighted by Gasteiger charge is -2.28. The Balaban J connectivity index is 1.46. The summed E-state index contributed by atoms with van der Waals surface area (Å²) in [6.45, 7) is 0.401. The van der Waals surface area contributed by atoms with Gasteiger partial charge in [-0.25, -0.2) is 19.0 Å². The molecule has 1 unspecified atom stereocenters. The fourth-order valence-corrected chi connectivity index (χ4v) is 4.39. The Morgan fingerprint density at radius 1 is 1.06 bits per heavy atom. The molecule has 4 aromatic rings. The maximum absolute atomic E-state index is 13.4. The Kier molecular flexibility index (Phi) is 5.82. The molecule has 174 valence electrons. The topological polar surface area (TPSA) is 77.8 Å². The van der Waals surface area contributed by atoms with E-state index < -0.39 is 17.6 Å². The minimum atomic E-state index is -4.48. The number of hydrogen-bond acceptors (Lipinski definition) is 7. The molecule has 1 aliphatic heterocycles. The van der Waals surface area contributed by atoms with Crippen LogP contribution in [0.25, 0.3) is 5.69 Å².